The normalized spacial score (nSPS) is 11.0. The molecule has 0 aliphatic rings. The van der Waals surface area contributed by atoms with Gasteiger partial charge in [0.05, 0.1) is 16.3 Å². The summed E-state index contributed by atoms with van der Waals surface area (Å²) in [5, 5.41) is 13.5. The third-order valence-corrected chi connectivity index (χ3v) is 4.46. The van der Waals surface area contributed by atoms with Crippen LogP contribution in [0.1, 0.15) is 5.69 Å². The molecule has 0 spiro atoms. The van der Waals surface area contributed by atoms with Crippen molar-refractivity contribution in [3.8, 4) is 16.3 Å². The monoisotopic (exact) mass is 322 g/mol. The van der Waals surface area contributed by atoms with E-state index in [1.165, 1.54) is 0 Å². The molecule has 4 aromatic rings. The highest BCUT2D eigenvalue weighted by atomic mass is 32.1. The Morgan fingerprint density at radius 1 is 1.17 bits per heavy atom. The number of phenols is 1. The van der Waals surface area contributed by atoms with Gasteiger partial charge in [-0.15, -0.1) is 0 Å². The van der Waals surface area contributed by atoms with Crippen molar-refractivity contribution >= 4 is 27.8 Å². The zero-order valence-corrected chi connectivity index (χ0v) is 13.2. The van der Waals surface area contributed by atoms with Gasteiger partial charge in [0.15, 0.2) is 5.13 Å². The smallest absolute Gasteiger partial charge is 0.187 e. The van der Waals surface area contributed by atoms with Crippen LogP contribution < -0.4 is 5.32 Å². The molecule has 3 aromatic heterocycles. The molecule has 0 atom stereocenters. The molecule has 0 amide bonds. The van der Waals surface area contributed by atoms with E-state index < -0.39 is 0 Å². The SMILES string of the molecule is Cc1nc2ccccn2c1-c1cnc(Nc2cccc(O)c2)s1. The van der Waals surface area contributed by atoms with Crippen LogP contribution in [-0.4, -0.2) is 19.5 Å². The Hall–Kier alpha value is -2.86. The van der Waals surface area contributed by atoms with Crippen molar-refractivity contribution in [1.82, 2.24) is 14.4 Å². The second kappa shape index (κ2) is 5.40. The summed E-state index contributed by atoms with van der Waals surface area (Å²) in [5.41, 5.74) is 3.77. The van der Waals surface area contributed by atoms with Gasteiger partial charge < -0.3 is 10.4 Å². The number of aromatic nitrogens is 3. The minimum atomic E-state index is 0.226. The molecule has 0 aliphatic carbocycles. The molecule has 2 N–H and O–H groups in total. The fraction of sp³-hybridized carbons (Fsp3) is 0.0588. The lowest BCUT2D eigenvalue weighted by atomic mass is 10.3. The topological polar surface area (TPSA) is 62.5 Å². The van der Waals surface area contributed by atoms with E-state index in [1.807, 2.05) is 43.6 Å². The highest BCUT2D eigenvalue weighted by Crippen LogP contribution is 2.33. The lowest BCUT2D eigenvalue weighted by Crippen LogP contribution is -1.87. The van der Waals surface area contributed by atoms with Crippen molar-refractivity contribution in [2.75, 3.05) is 5.32 Å². The van der Waals surface area contributed by atoms with Crippen LogP contribution in [0, 0.1) is 6.92 Å². The van der Waals surface area contributed by atoms with Gasteiger partial charge in [0.1, 0.15) is 11.4 Å². The van der Waals surface area contributed by atoms with Crippen LogP contribution in [-0.2, 0) is 0 Å². The molecule has 3 heterocycles. The molecule has 0 saturated carbocycles. The van der Waals surface area contributed by atoms with E-state index in [1.54, 1.807) is 29.5 Å². The summed E-state index contributed by atoms with van der Waals surface area (Å²) in [6.45, 7) is 2.00. The quantitative estimate of drug-likeness (QED) is 0.593. The molecular weight excluding hydrogens is 308 g/mol. The zero-order valence-electron chi connectivity index (χ0n) is 12.4. The van der Waals surface area contributed by atoms with E-state index in [4.69, 9.17) is 0 Å². The Morgan fingerprint density at radius 2 is 2.09 bits per heavy atom. The van der Waals surface area contributed by atoms with Gasteiger partial charge in [0.25, 0.3) is 0 Å². The fourth-order valence-corrected chi connectivity index (χ4v) is 3.49. The largest absolute Gasteiger partial charge is 0.508 e. The molecule has 4 rings (SSSR count). The minimum absolute atomic E-state index is 0.226. The minimum Gasteiger partial charge on any atom is -0.508 e. The first-order valence-corrected chi connectivity index (χ1v) is 7.98. The number of hydrogen-bond acceptors (Lipinski definition) is 5. The first kappa shape index (κ1) is 13.8. The second-order valence-electron chi connectivity index (χ2n) is 5.18. The van der Waals surface area contributed by atoms with Gasteiger partial charge in [-0.2, -0.15) is 0 Å². The van der Waals surface area contributed by atoms with Crippen molar-refractivity contribution in [3.05, 3.63) is 60.6 Å². The third kappa shape index (κ3) is 2.53. The van der Waals surface area contributed by atoms with Crippen LogP contribution >= 0.6 is 11.3 Å². The van der Waals surface area contributed by atoms with Gasteiger partial charge in [-0.05, 0) is 31.2 Å². The number of nitrogens with zero attached hydrogens (tertiary/aromatic N) is 3. The van der Waals surface area contributed by atoms with E-state index >= 15 is 0 Å². The number of imidazole rings is 1. The number of thiazole rings is 1. The number of aromatic hydroxyl groups is 1. The van der Waals surface area contributed by atoms with Gasteiger partial charge in [0, 0.05) is 24.1 Å². The summed E-state index contributed by atoms with van der Waals surface area (Å²) in [5.74, 6) is 0.226. The predicted octanol–water partition coefficient (Wildman–Crippen LogP) is 4.22. The van der Waals surface area contributed by atoms with Gasteiger partial charge >= 0.3 is 0 Å². The average molecular weight is 322 g/mol. The Balaban J connectivity index is 1.71. The van der Waals surface area contributed by atoms with Crippen LogP contribution in [0.15, 0.2) is 54.9 Å². The average Bonchev–Trinajstić information content (AvgIpc) is 3.10. The molecule has 23 heavy (non-hydrogen) atoms. The number of benzene rings is 1. The number of pyridine rings is 1. The van der Waals surface area contributed by atoms with Crippen LogP contribution in [0.2, 0.25) is 0 Å². The maximum Gasteiger partial charge on any atom is 0.187 e. The van der Waals surface area contributed by atoms with Crippen LogP contribution in [0.5, 0.6) is 5.75 Å². The van der Waals surface area contributed by atoms with E-state index in [2.05, 4.69) is 19.7 Å². The first-order valence-electron chi connectivity index (χ1n) is 7.17. The van der Waals surface area contributed by atoms with Crippen molar-refractivity contribution in [2.24, 2.45) is 0 Å². The second-order valence-corrected chi connectivity index (χ2v) is 6.21. The molecule has 6 heteroatoms. The van der Waals surface area contributed by atoms with E-state index in [9.17, 15) is 5.11 Å². The molecule has 0 aliphatic heterocycles. The molecule has 1 aromatic carbocycles. The van der Waals surface area contributed by atoms with Gasteiger partial charge in [-0.1, -0.05) is 23.5 Å². The van der Waals surface area contributed by atoms with Crippen molar-refractivity contribution < 1.29 is 5.11 Å². The highest BCUT2D eigenvalue weighted by molar-refractivity contribution is 7.18. The number of aryl methyl sites for hydroxylation is 1. The molecule has 0 radical (unpaired) electrons. The molecule has 114 valence electrons. The summed E-state index contributed by atoms with van der Waals surface area (Å²) in [6.07, 6.45) is 3.85. The number of rotatable bonds is 3. The molecule has 0 fully saturated rings. The molecule has 0 saturated heterocycles. The third-order valence-electron chi connectivity index (χ3n) is 3.54. The summed E-state index contributed by atoms with van der Waals surface area (Å²) in [7, 11) is 0. The van der Waals surface area contributed by atoms with Gasteiger partial charge in [-0.3, -0.25) is 4.40 Å². The summed E-state index contributed by atoms with van der Waals surface area (Å²) < 4.78 is 2.07. The van der Waals surface area contributed by atoms with Crippen LogP contribution in [0.4, 0.5) is 10.8 Å². The Labute approximate surface area is 136 Å². The predicted molar refractivity (Wildman–Crippen MR) is 92.4 cm³/mol. The maximum absolute atomic E-state index is 9.53. The number of hydrogen-bond donors (Lipinski definition) is 2. The van der Waals surface area contributed by atoms with Gasteiger partial charge in [-0.25, -0.2) is 9.97 Å². The van der Waals surface area contributed by atoms with Crippen LogP contribution in [0.3, 0.4) is 0 Å². The fourth-order valence-electron chi connectivity index (χ4n) is 2.56. The Kier molecular flexibility index (Phi) is 3.24. The summed E-state index contributed by atoms with van der Waals surface area (Å²) in [6, 6.07) is 12.9. The Morgan fingerprint density at radius 3 is 2.96 bits per heavy atom. The lowest BCUT2D eigenvalue weighted by Gasteiger charge is -2.02. The maximum atomic E-state index is 9.53. The number of phenolic OH excluding ortho intramolecular Hbond substituents is 1. The lowest BCUT2D eigenvalue weighted by molar-refractivity contribution is 0.475. The molecule has 5 nitrogen and oxygen atoms in total. The van der Waals surface area contributed by atoms with Crippen LogP contribution in [0.25, 0.3) is 16.2 Å². The number of anilines is 2. The standard InChI is InChI=1S/C17H14N4OS/c1-11-16(21-8-3-2-7-15(21)19-11)14-10-18-17(23-14)20-12-5-4-6-13(22)9-12/h2-10,22H,1H3,(H,18,20). The van der Waals surface area contributed by atoms with E-state index in [0.717, 1.165) is 32.7 Å². The molecule has 0 bridgehead atoms. The van der Waals surface area contributed by atoms with E-state index in [0.29, 0.717) is 0 Å². The number of nitrogens with one attached hydrogen (secondary N) is 1. The highest BCUT2D eigenvalue weighted by Gasteiger charge is 2.13. The first-order chi connectivity index (χ1) is 11.2. The molecular formula is C17H14N4OS. The van der Waals surface area contributed by atoms with Gasteiger partial charge in [0.2, 0.25) is 0 Å². The zero-order chi connectivity index (χ0) is 15.8. The number of fused-ring (bicyclic) bond motifs is 1. The molecule has 0 unspecified atom stereocenters. The van der Waals surface area contributed by atoms with Crippen molar-refractivity contribution in [1.29, 1.82) is 0 Å². The summed E-state index contributed by atoms with van der Waals surface area (Å²) >= 11 is 1.56. The van der Waals surface area contributed by atoms with Crippen molar-refractivity contribution in [3.63, 3.8) is 0 Å². The van der Waals surface area contributed by atoms with Crippen molar-refractivity contribution in [2.45, 2.75) is 6.92 Å². The Bertz CT molecular complexity index is 989. The van der Waals surface area contributed by atoms with E-state index in [-0.39, 0.29) is 5.75 Å². The summed E-state index contributed by atoms with van der Waals surface area (Å²) in [4.78, 5) is 10.1.